The van der Waals surface area contributed by atoms with Crippen molar-refractivity contribution >= 4 is 17.9 Å². The monoisotopic (exact) mass is 1140 g/mol. The highest BCUT2D eigenvalue weighted by Crippen LogP contribution is 2.18. The lowest BCUT2D eigenvalue weighted by Gasteiger charge is -2.18. The lowest BCUT2D eigenvalue weighted by molar-refractivity contribution is -0.167. The van der Waals surface area contributed by atoms with Crippen LogP contribution in [-0.2, 0) is 28.6 Å². The maximum Gasteiger partial charge on any atom is 0.306 e. The zero-order chi connectivity index (χ0) is 58.5. The van der Waals surface area contributed by atoms with Gasteiger partial charge in [0.25, 0.3) is 0 Å². The normalized spacial score (nSPS) is 12.3. The summed E-state index contributed by atoms with van der Waals surface area (Å²) < 4.78 is 17.0. The first-order valence-corrected chi connectivity index (χ1v) is 36.1. The molecule has 0 aromatic rings. The van der Waals surface area contributed by atoms with Crippen molar-refractivity contribution in [3.63, 3.8) is 0 Å². The van der Waals surface area contributed by atoms with Crippen molar-refractivity contribution in [2.24, 2.45) is 0 Å². The van der Waals surface area contributed by atoms with E-state index in [1.807, 2.05) is 0 Å². The van der Waals surface area contributed by atoms with E-state index < -0.39 is 6.10 Å². The van der Waals surface area contributed by atoms with Gasteiger partial charge in [0.05, 0.1) is 0 Å². The Morgan fingerprint density at radius 1 is 0.247 bits per heavy atom. The summed E-state index contributed by atoms with van der Waals surface area (Å²) >= 11 is 0. The van der Waals surface area contributed by atoms with Gasteiger partial charge in [-0.15, -0.1) is 0 Å². The second-order valence-electron chi connectivity index (χ2n) is 24.5. The molecule has 0 saturated heterocycles. The van der Waals surface area contributed by atoms with E-state index in [9.17, 15) is 14.4 Å². The highest BCUT2D eigenvalue weighted by atomic mass is 16.6. The Balaban J connectivity index is 4.28. The molecule has 0 N–H and O–H groups in total. The predicted octanol–water partition coefficient (Wildman–Crippen LogP) is 24.9. The number of carbonyl (C=O) groups is 3. The summed E-state index contributed by atoms with van der Waals surface area (Å²) in [5, 5.41) is 0. The summed E-state index contributed by atoms with van der Waals surface area (Å²) in [6.07, 6.45) is 88.6. The van der Waals surface area contributed by atoms with E-state index in [2.05, 4.69) is 69.4 Å². The Hall–Kier alpha value is -2.63. The van der Waals surface area contributed by atoms with Crippen molar-refractivity contribution < 1.29 is 28.6 Å². The van der Waals surface area contributed by atoms with Crippen molar-refractivity contribution in [2.45, 2.75) is 399 Å². The van der Waals surface area contributed by atoms with Crippen LogP contribution in [0, 0.1) is 0 Å². The molecular weight excluding hydrogens is 997 g/mol. The highest BCUT2D eigenvalue weighted by molar-refractivity contribution is 5.71. The molecule has 0 heterocycles. The summed E-state index contributed by atoms with van der Waals surface area (Å²) in [5.41, 5.74) is 0. The van der Waals surface area contributed by atoms with Gasteiger partial charge in [0.1, 0.15) is 13.2 Å². The topological polar surface area (TPSA) is 78.9 Å². The van der Waals surface area contributed by atoms with Gasteiger partial charge in [-0.3, -0.25) is 14.4 Å². The molecule has 0 amide bonds. The SMILES string of the molecule is CCCCC/C=C\C/C=C\C/C=C\CCCCCCCCC(=O)OC(COC(=O)CCCCCCCCC/C=C\CCCCCCCC)COC(=O)CCCCCCCCCCCCCCCCCCCCCCCCCCCCC. The van der Waals surface area contributed by atoms with Crippen molar-refractivity contribution in [2.75, 3.05) is 13.2 Å². The minimum absolute atomic E-state index is 0.0758. The van der Waals surface area contributed by atoms with Crippen molar-refractivity contribution in [1.82, 2.24) is 0 Å². The van der Waals surface area contributed by atoms with Crippen LogP contribution < -0.4 is 0 Å². The molecule has 474 valence electrons. The largest absolute Gasteiger partial charge is 0.462 e. The third kappa shape index (κ3) is 68.0. The maximum absolute atomic E-state index is 13.0. The van der Waals surface area contributed by atoms with Gasteiger partial charge in [-0.2, -0.15) is 0 Å². The van der Waals surface area contributed by atoms with Crippen molar-refractivity contribution in [1.29, 1.82) is 0 Å². The predicted molar refractivity (Wildman–Crippen MR) is 353 cm³/mol. The number of rotatable bonds is 67. The molecule has 6 heteroatoms. The van der Waals surface area contributed by atoms with Gasteiger partial charge in [0.15, 0.2) is 6.10 Å². The lowest BCUT2D eigenvalue weighted by atomic mass is 10.0. The second kappa shape index (κ2) is 69.9. The minimum Gasteiger partial charge on any atom is -0.462 e. The fourth-order valence-electron chi connectivity index (χ4n) is 10.9. The lowest BCUT2D eigenvalue weighted by Crippen LogP contribution is -2.30. The van der Waals surface area contributed by atoms with Crippen LogP contribution in [0.25, 0.3) is 0 Å². The molecule has 0 aromatic carbocycles. The molecule has 0 fully saturated rings. The van der Waals surface area contributed by atoms with Gasteiger partial charge in [-0.1, -0.05) is 339 Å². The zero-order valence-corrected chi connectivity index (χ0v) is 54.6. The van der Waals surface area contributed by atoms with Crippen molar-refractivity contribution in [3.8, 4) is 0 Å². The summed E-state index contributed by atoms with van der Waals surface area (Å²) in [5.74, 6) is -0.866. The maximum atomic E-state index is 13.0. The third-order valence-corrected chi connectivity index (χ3v) is 16.3. The molecule has 0 rings (SSSR count). The fraction of sp³-hybridized carbons (Fsp3) is 0.853. The van der Waals surface area contributed by atoms with Gasteiger partial charge in [0.2, 0.25) is 0 Å². The van der Waals surface area contributed by atoms with Crippen LogP contribution in [0.1, 0.15) is 393 Å². The smallest absolute Gasteiger partial charge is 0.306 e. The molecule has 0 aliphatic rings. The van der Waals surface area contributed by atoms with E-state index in [-0.39, 0.29) is 31.1 Å². The fourth-order valence-corrected chi connectivity index (χ4v) is 10.9. The minimum atomic E-state index is -0.782. The molecule has 0 bridgehead atoms. The molecule has 1 unspecified atom stereocenters. The first-order chi connectivity index (χ1) is 40.0. The van der Waals surface area contributed by atoms with Crippen LogP contribution in [0.2, 0.25) is 0 Å². The van der Waals surface area contributed by atoms with E-state index in [0.29, 0.717) is 19.3 Å². The molecule has 0 spiro atoms. The molecule has 0 aromatic heterocycles. The van der Waals surface area contributed by atoms with E-state index in [4.69, 9.17) is 14.2 Å². The van der Waals surface area contributed by atoms with Crippen LogP contribution >= 0.6 is 0 Å². The number of hydrogen-bond acceptors (Lipinski definition) is 6. The van der Waals surface area contributed by atoms with Gasteiger partial charge < -0.3 is 14.2 Å². The first-order valence-electron chi connectivity index (χ1n) is 36.1. The van der Waals surface area contributed by atoms with Gasteiger partial charge in [-0.25, -0.2) is 0 Å². The molecule has 81 heavy (non-hydrogen) atoms. The average Bonchev–Trinajstić information content (AvgIpc) is 3.47. The summed E-state index contributed by atoms with van der Waals surface area (Å²) in [6, 6.07) is 0. The molecular formula is C75H138O6. The molecule has 0 saturated carbocycles. The number of carbonyl (C=O) groups excluding carboxylic acids is 3. The van der Waals surface area contributed by atoms with Gasteiger partial charge >= 0.3 is 17.9 Å². The number of ether oxygens (including phenoxy) is 3. The van der Waals surface area contributed by atoms with Gasteiger partial charge in [-0.05, 0) is 83.5 Å². The first kappa shape index (κ1) is 78.4. The summed E-state index contributed by atoms with van der Waals surface area (Å²) in [6.45, 7) is 6.67. The Morgan fingerprint density at radius 3 is 0.728 bits per heavy atom. The Kier molecular flexibility index (Phi) is 67.6. The van der Waals surface area contributed by atoms with Crippen LogP contribution in [-0.4, -0.2) is 37.2 Å². The number of unbranched alkanes of at least 4 members (excludes halogenated alkanes) is 48. The molecule has 0 radical (unpaired) electrons. The summed E-state index contributed by atoms with van der Waals surface area (Å²) in [7, 11) is 0. The zero-order valence-electron chi connectivity index (χ0n) is 54.6. The Bertz CT molecular complexity index is 1400. The number of allylic oxidation sites excluding steroid dienone is 8. The highest BCUT2D eigenvalue weighted by Gasteiger charge is 2.19. The molecule has 1 atom stereocenters. The van der Waals surface area contributed by atoms with Crippen molar-refractivity contribution in [3.05, 3.63) is 48.6 Å². The molecule has 6 nitrogen and oxygen atoms in total. The van der Waals surface area contributed by atoms with Crippen LogP contribution in [0.5, 0.6) is 0 Å². The van der Waals surface area contributed by atoms with E-state index in [1.165, 1.54) is 276 Å². The van der Waals surface area contributed by atoms with E-state index in [1.54, 1.807) is 0 Å². The third-order valence-electron chi connectivity index (χ3n) is 16.3. The average molecular weight is 1140 g/mol. The van der Waals surface area contributed by atoms with E-state index in [0.717, 1.165) is 77.0 Å². The Labute approximate surface area is 505 Å². The van der Waals surface area contributed by atoms with E-state index >= 15 is 0 Å². The van der Waals surface area contributed by atoms with Crippen LogP contribution in [0.15, 0.2) is 48.6 Å². The van der Waals surface area contributed by atoms with Gasteiger partial charge in [0, 0.05) is 19.3 Å². The molecule has 0 aliphatic heterocycles. The Morgan fingerprint density at radius 2 is 0.444 bits per heavy atom. The number of hydrogen-bond donors (Lipinski definition) is 0. The van der Waals surface area contributed by atoms with Crippen LogP contribution in [0.4, 0.5) is 0 Å². The number of esters is 3. The quantitative estimate of drug-likeness (QED) is 0.0261. The standard InChI is InChI=1S/C75H138O6/c1-4-7-10-13-16-19-22-25-28-31-33-34-35-36-37-38-39-40-42-44-47-50-53-56-59-62-65-68-74(77)80-71-72(70-79-73(76)67-64-61-58-55-52-49-46-43-30-27-24-21-18-15-12-9-6-3)81-75(78)69-66-63-60-57-54-51-48-45-41-32-29-26-23-20-17-14-11-8-5-2/h17,20,26-27,29-30,41,45,72H,4-16,18-19,21-25,28,31-40,42-44,46-71H2,1-3H3/b20-17-,29-26-,30-27-,45-41-. The van der Waals surface area contributed by atoms with Crippen LogP contribution in [0.3, 0.4) is 0 Å². The second-order valence-corrected chi connectivity index (χ2v) is 24.5. The summed E-state index contributed by atoms with van der Waals surface area (Å²) in [4.78, 5) is 38.5. The molecule has 0 aliphatic carbocycles.